The van der Waals surface area contributed by atoms with Crippen LogP contribution in [0.25, 0.3) is 0 Å². The summed E-state index contributed by atoms with van der Waals surface area (Å²) in [5.74, 6) is 0.134. The number of unbranched alkanes of at least 4 members (excludes halogenated alkanes) is 18. The molecule has 0 bridgehead atoms. The first-order valence-corrected chi connectivity index (χ1v) is 21.2. The van der Waals surface area contributed by atoms with Crippen LogP contribution in [0.15, 0.2) is 12.4 Å². The van der Waals surface area contributed by atoms with Gasteiger partial charge in [0.05, 0.1) is 19.1 Å². The summed E-state index contributed by atoms with van der Waals surface area (Å²) in [6.45, 7) is 12.2. The van der Waals surface area contributed by atoms with E-state index >= 15 is 0 Å². The zero-order valence-electron chi connectivity index (χ0n) is 33.1. The van der Waals surface area contributed by atoms with Crippen molar-refractivity contribution in [3.05, 3.63) is 12.4 Å². The number of esters is 2. The lowest BCUT2D eigenvalue weighted by molar-refractivity contribution is -0.149. The van der Waals surface area contributed by atoms with Gasteiger partial charge < -0.3 is 25.0 Å². The molecule has 0 saturated heterocycles. The number of carbonyl (C=O) groups excluding carboxylic acids is 2. The van der Waals surface area contributed by atoms with Crippen LogP contribution >= 0.6 is 0 Å². The van der Waals surface area contributed by atoms with E-state index in [0.717, 1.165) is 96.8 Å². The van der Waals surface area contributed by atoms with Crippen LogP contribution in [0.4, 0.5) is 0 Å². The van der Waals surface area contributed by atoms with Crippen LogP contribution in [0.2, 0.25) is 0 Å². The van der Waals surface area contributed by atoms with Gasteiger partial charge in [-0.15, -0.1) is 0 Å². The van der Waals surface area contributed by atoms with E-state index in [1.807, 2.05) is 19.4 Å². The molecule has 290 valence electrons. The zero-order valence-corrected chi connectivity index (χ0v) is 33.1. The maximum Gasteiger partial charge on any atom is 0.308 e. The lowest BCUT2D eigenvalue weighted by Crippen LogP contribution is -2.29. The summed E-state index contributed by atoms with van der Waals surface area (Å²) < 4.78 is 11.3. The van der Waals surface area contributed by atoms with Crippen molar-refractivity contribution in [1.82, 2.24) is 15.5 Å². The van der Waals surface area contributed by atoms with E-state index in [9.17, 15) is 9.59 Å². The van der Waals surface area contributed by atoms with Gasteiger partial charge in [0.2, 0.25) is 0 Å². The van der Waals surface area contributed by atoms with Crippen LogP contribution in [-0.4, -0.2) is 63.3 Å². The molecule has 0 saturated carbocycles. The Morgan fingerprint density at radius 2 is 1.02 bits per heavy atom. The number of nitrogens with one attached hydrogen (secondary N) is 2. The maximum absolute atomic E-state index is 13.0. The molecule has 0 spiro atoms. The molecule has 1 atom stereocenters. The molecule has 0 aliphatic carbocycles. The van der Waals surface area contributed by atoms with Crippen molar-refractivity contribution in [3.63, 3.8) is 0 Å². The third-order valence-electron chi connectivity index (χ3n) is 9.54. The Morgan fingerprint density at radius 1 is 0.551 bits per heavy atom. The van der Waals surface area contributed by atoms with Crippen LogP contribution in [0.1, 0.15) is 194 Å². The van der Waals surface area contributed by atoms with Crippen molar-refractivity contribution in [2.24, 2.45) is 5.92 Å². The predicted octanol–water partition coefficient (Wildman–Crippen LogP) is 10.9. The molecule has 0 heterocycles. The first-order valence-electron chi connectivity index (χ1n) is 21.2. The Hall–Kier alpha value is -1.76. The van der Waals surface area contributed by atoms with Crippen LogP contribution in [0.3, 0.4) is 0 Å². The fraction of sp³-hybridized carbons (Fsp3) is 0.905. The van der Waals surface area contributed by atoms with Gasteiger partial charge in [0, 0.05) is 32.4 Å². The summed E-state index contributed by atoms with van der Waals surface area (Å²) in [5, 5.41) is 6.37. The highest BCUT2D eigenvalue weighted by Crippen LogP contribution is 2.21. The van der Waals surface area contributed by atoms with Crippen molar-refractivity contribution >= 4 is 11.9 Å². The number of rotatable bonds is 39. The highest BCUT2D eigenvalue weighted by atomic mass is 16.5. The molecule has 0 aliphatic heterocycles. The standard InChI is InChI=1S/C42H83N3O4/c1-5-8-11-14-16-22-30-40(29-21-13-10-7-3)42(47)49-39-27-20-18-25-36-45(37-28-32-44-34-33-43-4)35-24-17-19-26-38-48-41(46)31-23-15-12-9-6-2/h33-34,40,43-44H,5-32,35-39H2,1-4H3/b34-33-. The molecule has 2 N–H and O–H groups in total. The molecular weight excluding hydrogens is 610 g/mol. The van der Waals surface area contributed by atoms with Crippen LogP contribution in [0, 0.1) is 5.92 Å². The van der Waals surface area contributed by atoms with Gasteiger partial charge in [-0.1, -0.05) is 136 Å². The van der Waals surface area contributed by atoms with E-state index in [4.69, 9.17) is 9.47 Å². The van der Waals surface area contributed by atoms with E-state index in [0.29, 0.717) is 19.6 Å². The maximum atomic E-state index is 13.0. The fourth-order valence-electron chi connectivity index (χ4n) is 6.34. The summed E-state index contributed by atoms with van der Waals surface area (Å²) in [4.78, 5) is 27.5. The van der Waals surface area contributed by atoms with Gasteiger partial charge in [-0.05, 0) is 71.0 Å². The molecule has 0 aromatic carbocycles. The minimum absolute atomic E-state index is 0.0236. The molecule has 7 heteroatoms. The second-order valence-electron chi connectivity index (χ2n) is 14.3. The minimum Gasteiger partial charge on any atom is -0.466 e. The average molecular weight is 694 g/mol. The molecule has 0 radical (unpaired) electrons. The number of hydrogen-bond acceptors (Lipinski definition) is 7. The fourth-order valence-corrected chi connectivity index (χ4v) is 6.34. The SMILES string of the molecule is CCCCCCCCC(CCCCCC)C(=O)OCCCCCCN(CCCCCCOC(=O)CCCCCCC)CCCN/C=C\NC. The van der Waals surface area contributed by atoms with Crippen molar-refractivity contribution in [2.75, 3.05) is 46.4 Å². The third-order valence-corrected chi connectivity index (χ3v) is 9.54. The van der Waals surface area contributed by atoms with E-state index in [2.05, 4.69) is 36.3 Å². The van der Waals surface area contributed by atoms with Gasteiger partial charge >= 0.3 is 11.9 Å². The molecule has 7 nitrogen and oxygen atoms in total. The van der Waals surface area contributed by atoms with Crippen LogP contribution in [-0.2, 0) is 19.1 Å². The number of hydrogen-bond donors (Lipinski definition) is 2. The summed E-state index contributed by atoms with van der Waals surface area (Å²) >= 11 is 0. The predicted molar refractivity (Wildman–Crippen MR) is 210 cm³/mol. The smallest absolute Gasteiger partial charge is 0.308 e. The van der Waals surface area contributed by atoms with Gasteiger partial charge in [-0.2, -0.15) is 0 Å². The summed E-state index contributed by atoms with van der Waals surface area (Å²) in [6.07, 6.45) is 34.8. The highest BCUT2D eigenvalue weighted by Gasteiger charge is 2.19. The lowest BCUT2D eigenvalue weighted by Gasteiger charge is -2.22. The molecule has 49 heavy (non-hydrogen) atoms. The zero-order chi connectivity index (χ0) is 35.9. The minimum atomic E-state index is -0.0236. The average Bonchev–Trinajstić information content (AvgIpc) is 3.10. The summed E-state index contributed by atoms with van der Waals surface area (Å²) in [6, 6.07) is 0. The normalized spacial score (nSPS) is 12.1. The number of carbonyl (C=O) groups is 2. The topological polar surface area (TPSA) is 79.9 Å². The van der Waals surface area contributed by atoms with Crippen molar-refractivity contribution in [2.45, 2.75) is 194 Å². The third kappa shape index (κ3) is 34.5. The monoisotopic (exact) mass is 694 g/mol. The molecule has 0 aromatic heterocycles. The highest BCUT2D eigenvalue weighted by molar-refractivity contribution is 5.72. The second kappa shape index (κ2) is 39.0. The van der Waals surface area contributed by atoms with Gasteiger partial charge in [-0.3, -0.25) is 9.59 Å². The molecule has 0 fully saturated rings. The number of nitrogens with zero attached hydrogens (tertiary/aromatic N) is 1. The quantitative estimate of drug-likeness (QED) is 0.0490. The Kier molecular flexibility index (Phi) is 37.6. The van der Waals surface area contributed by atoms with Gasteiger partial charge in [0.1, 0.15) is 0 Å². The van der Waals surface area contributed by atoms with E-state index in [1.165, 1.54) is 96.3 Å². The first kappa shape index (κ1) is 47.2. The molecular formula is C42H83N3O4. The van der Waals surface area contributed by atoms with Crippen LogP contribution < -0.4 is 10.6 Å². The second-order valence-corrected chi connectivity index (χ2v) is 14.3. The molecule has 0 aromatic rings. The Balaban J connectivity index is 4.30. The van der Waals surface area contributed by atoms with E-state index in [-0.39, 0.29) is 17.9 Å². The van der Waals surface area contributed by atoms with Gasteiger partial charge in [0.15, 0.2) is 0 Å². The van der Waals surface area contributed by atoms with Gasteiger partial charge in [-0.25, -0.2) is 0 Å². The Bertz CT molecular complexity index is 733. The molecule has 1 unspecified atom stereocenters. The lowest BCUT2D eigenvalue weighted by atomic mass is 9.94. The van der Waals surface area contributed by atoms with E-state index in [1.54, 1.807) is 0 Å². The van der Waals surface area contributed by atoms with E-state index < -0.39 is 0 Å². The van der Waals surface area contributed by atoms with Crippen molar-refractivity contribution < 1.29 is 19.1 Å². The largest absolute Gasteiger partial charge is 0.466 e. The molecule has 0 rings (SSSR count). The van der Waals surface area contributed by atoms with Crippen molar-refractivity contribution in [3.8, 4) is 0 Å². The Morgan fingerprint density at radius 3 is 1.61 bits per heavy atom. The molecule has 0 amide bonds. The Labute approximate surface area is 304 Å². The summed E-state index contributed by atoms with van der Waals surface area (Å²) in [7, 11) is 1.91. The first-order chi connectivity index (χ1) is 24.1. The molecule has 0 aliphatic rings. The summed E-state index contributed by atoms with van der Waals surface area (Å²) in [5.41, 5.74) is 0. The number of ether oxygens (including phenoxy) is 2. The van der Waals surface area contributed by atoms with Crippen molar-refractivity contribution in [1.29, 1.82) is 0 Å². The van der Waals surface area contributed by atoms with Crippen LogP contribution in [0.5, 0.6) is 0 Å². The van der Waals surface area contributed by atoms with Gasteiger partial charge in [0.25, 0.3) is 0 Å².